The molecule has 4 nitrogen and oxygen atoms in total. The third kappa shape index (κ3) is 5.88. The number of nitrogens with zero attached hydrogens (tertiary/aromatic N) is 4. The quantitative estimate of drug-likeness (QED) is 0.157. The van der Waals surface area contributed by atoms with Crippen molar-refractivity contribution >= 4 is 43.4 Å². The molecule has 0 saturated carbocycles. The van der Waals surface area contributed by atoms with E-state index < -0.39 is 0 Å². The number of rotatable bonds is 6. The minimum Gasteiger partial charge on any atom is -0.277 e. The van der Waals surface area contributed by atoms with Crippen LogP contribution in [0, 0.1) is 0 Å². The van der Waals surface area contributed by atoms with Crippen molar-refractivity contribution in [3.63, 3.8) is 0 Å². The van der Waals surface area contributed by atoms with Gasteiger partial charge in [-0.1, -0.05) is 226 Å². The minimum atomic E-state index is -0.0977. The van der Waals surface area contributed by atoms with Gasteiger partial charge >= 0.3 is 0 Å². The van der Waals surface area contributed by atoms with Gasteiger partial charge in [0.1, 0.15) is 0 Å². The van der Waals surface area contributed by atoms with Crippen LogP contribution in [0.15, 0.2) is 218 Å². The Kier molecular flexibility index (Phi) is 8.53. The van der Waals surface area contributed by atoms with E-state index in [1.54, 1.807) is 0 Å². The van der Waals surface area contributed by atoms with E-state index in [0.717, 1.165) is 66.3 Å². The number of aromatic nitrogens is 4. The molecule has 0 aliphatic heterocycles. The Hall–Kier alpha value is -8.47. The summed E-state index contributed by atoms with van der Waals surface area (Å²) in [5.41, 5.74) is 16.0. The molecule has 2 heterocycles. The summed E-state index contributed by atoms with van der Waals surface area (Å²) in [6.07, 6.45) is 0. The molecule has 0 bridgehead atoms. The molecule has 1 aliphatic rings. The summed E-state index contributed by atoms with van der Waals surface area (Å²) in [7, 11) is 0. The van der Waals surface area contributed by atoms with Crippen molar-refractivity contribution in [3.05, 3.63) is 230 Å². The number of hydrogen-bond donors (Lipinski definition) is 0. The number of para-hydroxylation sites is 1. The first kappa shape index (κ1) is 38.0. The molecule has 0 saturated heterocycles. The Morgan fingerprint density at radius 1 is 0.318 bits per heavy atom. The topological polar surface area (TPSA) is 43.6 Å². The van der Waals surface area contributed by atoms with Crippen LogP contribution in [0.5, 0.6) is 0 Å². The molecule has 66 heavy (non-hydrogen) atoms. The molecule has 10 aromatic carbocycles. The lowest BCUT2D eigenvalue weighted by Gasteiger charge is -2.21. The van der Waals surface area contributed by atoms with Crippen LogP contribution in [0.2, 0.25) is 0 Å². The summed E-state index contributed by atoms with van der Waals surface area (Å²) in [5.74, 6) is 1.78. The molecule has 13 rings (SSSR count). The SMILES string of the molecule is CC1(C)c2ccccc2-c2cc(-c3cccc4c5c6ccccc6c6ccccc6c5n(-c5nc(-c6ccc(-c7ccccc7)cc6)nc(-c6ccc(-c7ccccc7)cc6)n5)c34)ccc21. The molecule has 0 unspecified atom stereocenters. The molecule has 0 spiro atoms. The van der Waals surface area contributed by atoms with Gasteiger partial charge in [0.2, 0.25) is 5.95 Å². The standard InChI is InChI=1S/C62H42N4/c1-62(2)54-27-14-13-22-49(54)53-38-45(36-37-55(53)62)46-25-15-26-52-56-50-23-11-9-20-47(50)48-21-10-12-24-51(48)58(56)66(57(46)52)61-64-59(43-32-28-41(29-33-43)39-16-5-3-6-17-39)63-60(65-61)44-34-30-42(31-35-44)40-18-7-4-8-19-40/h3-38H,1-2H3. The predicted molar refractivity (Wildman–Crippen MR) is 274 cm³/mol. The summed E-state index contributed by atoms with van der Waals surface area (Å²) < 4.78 is 2.34. The smallest absolute Gasteiger partial charge is 0.238 e. The summed E-state index contributed by atoms with van der Waals surface area (Å²) in [5, 5.41) is 7.06. The van der Waals surface area contributed by atoms with Gasteiger partial charge in [0, 0.05) is 38.3 Å². The highest BCUT2D eigenvalue weighted by molar-refractivity contribution is 6.33. The van der Waals surface area contributed by atoms with Crippen LogP contribution < -0.4 is 0 Å². The molecular formula is C62H42N4. The minimum absolute atomic E-state index is 0.0977. The van der Waals surface area contributed by atoms with Gasteiger partial charge < -0.3 is 0 Å². The second-order valence-corrected chi connectivity index (χ2v) is 18.0. The van der Waals surface area contributed by atoms with E-state index in [1.165, 1.54) is 43.8 Å². The lowest BCUT2D eigenvalue weighted by Crippen LogP contribution is -2.14. The molecule has 4 heteroatoms. The monoisotopic (exact) mass is 842 g/mol. The van der Waals surface area contributed by atoms with Crippen LogP contribution in [0.1, 0.15) is 25.0 Å². The Labute approximate surface area is 383 Å². The van der Waals surface area contributed by atoms with Gasteiger partial charge in [-0.3, -0.25) is 4.57 Å². The Balaban J connectivity index is 1.12. The van der Waals surface area contributed by atoms with Gasteiger partial charge in [-0.2, -0.15) is 9.97 Å². The largest absolute Gasteiger partial charge is 0.277 e. The van der Waals surface area contributed by atoms with Crippen molar-refractivity contribution in [1.29, 1.82) is 0 Å². The van der Waals surface area contributed by atoms with Gasteiger partial charge in [-0.25, -0.2) is 4.98 Å². The van der Waals surface area contributed by atoms with E-state index >= 15 is 0 Å². The van der Waals surface area contributed by atoms with Crippen molar-refractivity contribution in [3.8, 4) is 73.2 Å². The highest BCUT2D eigenvalue weighted by atomic mass is 15.2. The average molecular weight is 843 g/mol. The maximum atomic E-state index is 5.51. The molecule has 0 amide bonds. The maximum absolute atomic E-state index is 5.51. The summed E-state index contributed by atoms with van der Waals surface area (Å²) >= 11 is 0. The fourth-order valence-electron chi connectivity index (χ4n) is 10.7. The van der Waals surface area contributed by atoms with Crippen LogP contribution in [0.25, 0.3) is 117 Å². The van der Waals surface area contributed by atoms with E-state index in [9.17, 15) is 0 Å². The van der Waals surface area contributed by atoms with Gasteiger partial charge in [0.05, 0.1) is 11.0 Å². The summed E-state index contributed by atoms with van der Waals surface area (Å²) in [4.78, 5) is 16.3. The number of benzene rings is 10. The van der Waals surface area contributed by atoms with E-state index in [2.05, 4.69) is 225 Å². The molecule has 12 aromatic rings. The van der Waals surface area contributed by atoms with Gasteiger partial charge in [0.25, 0.3) is 0 Å². The van der Waals surface area contributed by atoms with Crippen LogP contribution in [0.4, 0.5) is 0 Å². The molecule has 310 valence electrons. The van der Waals surface area contributed by atoms with E-state index in [-0.39, 0.29) is 5.41 Å². The third-order valence-electron chi connectivity index (χ3n) is 13.9. The first-order chi connectivity index (χ1) is 32.5. The lowest BCUT2D eigenvalue weighted by molar-refractivity contribution is 0.660. The Morgan fingerprint density at radius 3 is 1.41 bits per heavy atom. The molecular weight excluding hydrogens is 801 g/mol. The molecule has 0 atom stereocenters. The van der Waals surface area contributed by atoms with E-state index in [1.807, 2.05) is 12.1 Å². The average Bonchev–Trinajstić information content (AvgIpc) is 3.86. The highest BCUT2D eigenvalue weighted by Crippen LogP contribution is 2.51. The molecule has 1 aliphatic carbocycles. The lowest BCUT2D eigenvalue weighted by atomic mass is 9.82. The normalized spacial score (nSPS) is 12.8. The summed E-state index contributed by atoms with van der Waals surface area (Å²) in [6.45, 7) is 4.68. The molecule has 0 N–H and O–H groups in total. The highest BCUT2D eigenvalue weighted by Gasteiger charge is 2.35. The van der Waals surface area contributed by atoms with Crippen molar-refractivity contribution < 1.29 is 0 Å². The zero-order chi connectivity index (χ0) is 43.9. The predicted octanol–water partition coefficient (Wildman–Crippen LogP) is 15.9. The second-order valence-electron chi connectivity index (χ2n) is 18.0. The Morgan fingerprint density at radius 2 is 0.773 bits per heavy atom. The molecule has 0 radical (unpaired) electrons. The van der Waals surface area contributed by atoms with Crippen molar-refractivity contribution in [1.82, 2.24) is 19.5 Å². The first-order valence-corrected chi connectivity index (χ1v) is 22.7. The third-order valence-corrected chi connectivity index (χ3v) is 13.9. The van der Waals surface area contributed by atoms with Crippen LogP contribution >= 0.6 is 0 Å². The van der Waals surface area contributed by atoms with Crippen LogP contribution in [0.3, 0.4) is 0 Å². The van der Waals surface area contributed by atoms with E-state index in [4.69, 9.17) is 15.0 Å². The maximum Gasteiger partial charge on any atom is 0.238 e. The zero-order valence-electron chi connectivity index (χ0n) is 36.6. The Bertz CT molecular complexity index is 3770. The number of hydrogen-bond acceptors (Lipinski definition) is 3. The van der Waals surface area contributed by atoms with Crippen LogP contribution in [-0.4, -0.2) is 19.5 Å². The van der Waals surface area contributed by atoms with Gasteiger partial charge in [-0.05, 0) is 72.3 Å². The van der Waals surface area contributed by atoms with Crippen molar-refractivity contribution in [2.75, 3.05) is 0 Å². The van der Waals surface area contributed by atoms with Crippen molar-refractivity contribution in [2.24, 2.45) is 0 Å². The van der Waals surface area contributed by atoms with Crippen molar-refractivity contribution in [2.45, 2.75) is 19.3 Å². The molecule has 2 aromatic heterocycles. The van der Waals surface area contributed by atoms with Gasteiger partial charge in [-0.15, -0.1) is 0 Å². The summed E-state index contributed by atoms with van der Waals surface area (Å²) in [6, 6.07) is 78.4. The zero-order valence-corrected chi connectivity index (χ0v) is 36.6. The fourth-order valence-corrected chi connectivity index (χ4v) is 10.7. The number of fused-ring (bicyclic) bond motifs is 11. The fraction of sp³-hybridized carbons (Fsp3) is 0.0484. The van der Waals surface area contributed by atoms with Crippen LogP contribution in [-0.2, 0) is 5.41 Å². The van der Waals surface area contributed by atoms with E-state index in [0.29, 0.717) is 17.6 Å². The molecule has 0 fully saturated rings. The van der Waals surface area contributed by atoms with Gasteiger partial charge in [0.15, 0.2) is 11.6 Å². The first-order valence-electron chi connectivity index (χ1n) is 22.7. The second kappa shape index (κ2) is 14.8.